The molecule has 0 atom stereocenters. The first-order valence-electron chi connectivity index (χ1n) is 8.84. The average molecular weight is 393 g/mol. The van der Waals surface area contributed by atoms with E-state index in [1.807, 2.05) is 42.5 Å². The molecule has 2 aromatic carbocycles. The van der Waals surface area contributed by atoms with Crippen molar-refractivity contribution in [2.45, 2.75) is 6.92 Å². The van der Waals surface area contributed by atoms with Crippen molar-refractivity contribution in [1.29, 1.82) is 0 Å². The molecule has 29 heavy (non-hydrogen) atoms. The van der Waals surface area contributed by atoms with E-state index in [0.717, 1.165) is 11.1 Å². The molecule has 0 aliphatic heterocycles. The van der Waals surface area contributed by atoms with Crippen molar-refractivity contribution in [2.75, 3.05) is 18.5 Å². The first-order chi connectivity index (χ1) is 14.0. The molecular formula is C21H19N3O5. The molecule has 0 radical (unpaired) electrons. The highest BCUT2D eigenvalue weighted by molar-refractivity contribution is 5.97. The molecule has 0 fully saturated rings. The number of rotatable bonds is 7. The summed E-state index contributed by atoms with van der Waals surface area (Å²) in [6.07, 6.45) is 0. The van der Waals surface area contributed by atoms with E-state index in [9.17, 15) is 14.4 Å². The molecule has 1 heterocycles. The lowest BCUT2D eigenvalue weighted by Gasteiger charge is -2.07. The topological polar surface area (TPSA) is 111 Å². The fraction of sp³-hybridized carbons (Fsp3) is 0.143. The monoisotopic (exact) mass is 393 g/mol. The van der Waals surface area contributed by atoms with Gasteiger partial charge in [-0.05, 0) is 30.2 Å². The zero-order valence-corrected chi connectivity index (χ0v) is 15.7. The van der Waals surface area contributed by atoms with Crippen LogP contribution in [0.4, 0.5) is 5.82 Å². The maximum absolute atomic E-state index is 12.2. The van der Waals surface area contributed by atoms with Gasteiger partial charge in [-0.15, -0.1) is 0 Å². The van der Waals surface area contributed by atoms with Gasteiger partial charge in [-0.1, -0.05) is 47.6 Å². The molecule has 148 valence electrons. The van der Waals surface area contributed by atoms with Crippen molar-refractivity contribution >= 4 is 23.6 Å². The number of aromatic nitrogens is 1. The second-order valence-corrected chi connectivity index (χ2v) is 6.16. The molecule has 0 saturated heterocycles. The fourth-order valence-electron chi connectivity index (χ4n) is 2.50. The van der Waals surface area contributed by atoms with Gasteiger partial charge in [0.25, 0.3) is 11.8 Å². The van der Waals surface area contributed by atoms with Crippen LogP contribution in [-0.2, 0) is 14.3 Å². The minimum Gasteiger partial charge on any atom is -0.454 e. The molecule has 2 N–H and O–H groups in total. The van der Waals surface area contributed by atoms with Crippen molar-refractivity contribution in [3.05, 3.63) is 72.0 Å². The van der Waals surface area contributed by atoms with E-state index in [0.29, 0.717) is 11.3 Å². The maximum Gasteiger partial charge on any atom is 0.325 e. The molecule has 1 aromatic heterocycles. The van der Waals surface area contributed by atoms with Crippen LogP contribution in [0.15, 0.2) is 65.2 Å². The first-order valence-corrected chi connectivity index (χ1v) is 8.84. The molecule has 8 nitrogen and oxygen atoms in total. The van der Waals surface area contributed by atoms with E-state index in [1.54, 1.807) is 19.1 Å². The largest absolute Gasteiger partial charge is 0.454 e. The minimum absolute atomic E-state index is 0.232. The second-order valence-electron chi connectivity index (χ2n) is 6.16. The third kappa shape index (κ3) is 5.77. The van der Waals surface area contributed by atoms with E-state index >= 15 is 0 Å². The van der Waals surface area contributed by atoms with Crippen LogP contribution >= 0.6 is 0 Å². The lowest BCUT2D eigenvalue weighted by molar-refractivity contribution is -0.146. The van der Waals surface area contributed by atoms with Gasteiger partial charge < -0.3 is 19.9 Å². The average Bonchev–Trinajstić information content (AvgIpc) is 3.15. The first kappa shape index (κ1) is 19.8. The summed E-state index contributed by atoms with van der Waals surface area (Å²) in [5, 5.41) is 8.48. The SMILES string of the molecule is Cc1cc(NC(=O)COC(=O)CNC(=O)c2ccc(-c3ccccc3)cc2)no1. The quantitative estimate of drug-likeness (QED) is 0.597. The van der Waals surface area contributed by atoms with Gasteiger partial charge in [0, 0.05) is 11.6 Å². The highest BCUT2D eigenvalue weighted by Gasteiger charge is 2.12. The van der Waals surface area contributed by atoms with Crippen molar-refractivity contribution in [1.82, 2.24) is 10.5 Å². The molecule has 0 aliphatic carbocycles. The lowest BCUT2D eigenvalue weighted by atomic mass is 10.0. The number of nitrogens with zero attached hydrogens (tertiary/aromatic N) is 1. The van der Waals surface area contributed by atoms with Crippen LogP contribution < -0.4 is 10.6 Å². The van der Waals surface area contributed by atoms with Crippen LogP contribution in [0.2, 0.25) is 0 Å². The van der Waals surface area contributed by atoms with Gasteiger partial charge in [0.1, 0.15) is 12.3 Å². The number of nitrogens with one attached hydrogen (secondary N) is 2. The Balaban J connectivity index is 1.42. The number of esters is 1. The predicted octanol–water partition coefficient (Wildman–Crippen LogP) is 2.56. The number of aryl methyl sites for hydroxylation is 1. The zero-order chi connectivity index (χ0) is 20.6. The summed E-state index contributed by atoms with van der Waals surface area (Å²) in [6, 6.07) is 18.3. The lowest BCUT2D eigenvalue weighted by Crippen LogP contribution is -2.32. The van der Waals surface area contributed by atoms with Crippen molar-refractivity contribution < 1.29 is 23.6 Å². The van der Waals surface area contributed by atoms with Gasteiger partial charge in [0.15, 0.2) is 12.4 Å². The Morgan fingerprint density at radius 2 is 1.69 bits per heavy atom. The Kier molecular flexibility index (Phi) is 6.36. The van der Waals surface area contributed by atoms with Crippen LogP contribution in [-0.4, -0.2) is 36.1 Å². The molecule has 3 aromatic rings. The summed E-state index contributed by atoms with van der Waals surface area (Å²) in [4.78, 5) is 35.6. The Morgan fingerprint density at radius 3 is 2.34 bits per heavy atom. The molecule has 0 saturated carbocycles. The van der Waals surface area contributed by atoms with Crippen LogP contribution in [0.3, 0.4) is 0 Å². The molecule has 2 amide bonds. The summed E-state index contributed by atoms with van der Waals surface area (Å²) < 4.78 is 9.63. The molecule has 0 bridgehead atoms. The van der Waals surface area contributed by atoms with Gasteiger partial charge in [-0.25, -0.2) is 0 Å². The standard InChI is InChI=1S/C21H19N3O5/c1-14-11-18(24-29-14)23-19(25)13-28-20(26)12-22-21(27)17-9-7-16(8-10-17)15-5-3-2-4-6-15/h2-11H,12-13H2,1H3,(H,22,27)(H,23,24,25). The fourth-order valence-corrected chi connectivity index (χ4v) is 2.50. The summed E-state index contributed by atoms with van der Waals surface area (Å²) >= 11 is 0. The number of carbonyl (C=O) groups excluding carboxylic acids is 3. The smallest absolute Gasteiger partial charge is 0.325 e. The number of ether oxygens (including phenoxy) is 1. The van der Waals surface area contributed by atoms with E-state index in [-0.39, 0.29) is 12.4 Å². The van der Waals surface area contributed by atoms with Gasteiger partial charge in [0.2, 0.25) is 0 Å². The van der Waals surface area contributed by atoms with Crippen LogP contribution in [0.25, 0.3) is 11.1 Å². The summed E-state index contributed by atoms with van der Waals surface area (Å²) in [5.74, 6) is -0.933. The van der Waals surface area contributed by atoms with Crippen molar-refractivity contribution in [2.24, 2.45) is 0 Å². The minimum atomic E-state index is -0.731. The van der Waals surface area contributed by atoms with Crippen molar-refractivity contribution in [3.8, 4) is 11.1 Å². The number of amides is 2. The number of anilines is 1. The summed E-state index contributed by atoms with van der Waals surface area (Å²) in [6.45, 7) is 0.836. The normalized spacial score (nSPS) is 10.2. The summed E-state index contributed by atoms with van der Waals surface area (Å²) in [7, 11) is 0. The highest BCUT2D eigenvalue weighted by Crippen LogP contribution is 2.19. The third-order valence-corrected chi connectivity index (χ3v) is 3.91. The van der Waals surface area contributed by atoms with E-state index in [2.05, 4.69) is 15.8 Å². The van der Waals surface area contributed by atoms with Crippen molar-refractivity contribution in [3.63, 3.8) is 0 Å². The number of hydrogen-bond acceptors (Lipinski definition) is 6. The Bertz CT molecular complexity index is 997. The van der Waals surface area contributed by atoms with E-state index < -0.39 is 24.4 Å². The number of carbonyl (C=O) groups is 3. The Morgan fingerprint density at radius 1 is 1.00 bits per heavy atom. The molecular weight excluding hydrogens is 374 g/mol. The Hall–Kier alpha value is -3.94. The van der Waals surface area contributed by atoms with E-state index in [4.69, 9.17) is 9.26 Å². The predicted molar refractivity (Wildman–Crippen MR) is 105 cm³/mol. The number of hydrogen-bond donors (Lipinski definition) is 2. The number of benzene rings is 2. The van der Waals surface area contributed by atoms with Gasteiger partial charge in [-0.2, -0.15) is 0 Å². The van der Waals surface area contributed by atoms with Gasteiger partial charge in [0.05, 0.1) is 0 Å². The maximum atomic E-state index is 12.2. The molecule has 0 spiro atoms. The molecule has 0 aliphatic rings. The van der Waals surface area contributed by atoms with Crippen LogP contribution in [0, 0.1) is 6.92 Å². The van der Waals surface area contributed by atoms with Crippen LogP contribution in [0.1, 0.15) is 16.1 Å². The summed E-state index contributed by atoms with van der Waals surface area (Å²) in [5.41, 5.74) is 2.44. The molecule has 8 heteroatoms. The van der Waals surface area contributed by atoms with Gasteiger partial charge >= 0.3 is 5.97 Å². The zero-order valence-electron chi connectivity index (χ0n) is 15.7. The molecule has 0 unspecified atom stereocenters. The molecule has 3 rings (SSSR count). The Labute approximate surface area is 166 Å². The highest BCUT2D eigenvalue weighted by atomic mass is 16.5. The van der Waals surface area contributed by atoms with E-state index in [1.165, 1.54) is 6.07 Å². The van der Waals surface area contributed by atoms with Crippen LogP contribution in [0.5, 0.6) is 0 Å². The third-order valence-electron chi connectivity index (χ3n) is 3.91. The van der Waals surface area contributed by atoms with Gasteiger partial charge in [-0.3, -0.25) is 14.4 Å². The second kappa shape index (κ2) is 9.32.